The molecule has 0 amide bonds. The Kier molecular flexibility index (Phi) is 8.54. The first-order valence-electron chi connectivity index (χ1n) is 10.6. The van der Waals surface area contributed by atoms with Crippen LogP contribution in [0.4, 0.5) is 0 Å². The summed E-state index contributed by atoms with van der Waals surface area (Å²) in [6.07, 6.45) is 0.142. The highest BCUT2D eigenvalue weighted by Crippen LogP contribution is 2.25. The normalized spacial score (nSPS) is 16.5. The van der Waals surface area contributed by atoms with Crippen LogP contribution < -0.4 is 15.4 Å². The van der Waals surface area contributed by atoms with Crippen molar-refractivity contribution in [2.24, 2.45) is 4.99 Å². The molecule has 30 heavy (non-hydrogen) atoms. The predicted molar refractivity (Wildman–Crippen MR) is 125 cm³/mol. The van der Waals surface area contributed by atoms with Gasteiger partial charge in [0.05, 0.1) is 25.4 Å². The first kappa shape index (κ1) is 22.6. The topological polar surface area (TPSA) is 58.1 Å². The van der Waals surface area contributed by atoms with Crippen LogP contribution in [0.2, 0.25) is 0 Å². The average Bonchev–Trinajstić information content (AvgIpc) is 3.26. The molecule has 1 aliphatic rings. The van der Waals surface area contributed by atoms with Crippen LogP contribution in [0.15, 0.2) is 40.7 Å². The fraction of sp³-hybridized carbons (Fsp3) is 0.522. The number of ether oxygens (including phenoxy) is 2. The van der Waals surface area contributed by atoms with Gasteiger partial charge in [0.25, 0.3) is 0 Å². The Bertz CT molecular complexity index is 802. The summed E-state index contributed by atoms with van der Waals surface area (Å²) in [6.45, 7) is 11.1. The summed E-state index contributed by atoms with van der Waals surface area (Å²) in [5.41, 5.74) is 2.32. The van der Waals surface area contributed by atoms with Crippen molar-refractivity contribution in [2.45, 2.75) is 39.5 Å². The molecule has 0 saturated carbocycles. The van der Waals surface area contributed by atoms with Gasteiger partial charge in [0, 0.05) is 43.7 Å². The third-order valence-corrected chi connectivity index (χ3v) is 6.05. The molecular weight excluding hydrogens is 396 g/mol. The van der Waals surface area contributed by atoms with Gasteiger partial charge in [-0.25, -0.2) is 0 Å². The number of guanidine groups is 1. The molecule has 1 aliphatic heterocycles. The predicted octanol–water partition coefficient (Wildman–Crippen LogP) is 3.58. The van der Waals surface area contributed by atoms with Crippen LogP contribution in [0, 0.1) is 6.92 Å². The summed E-state index contributed by atoms with van der Waals surface area (Å²) in [6, 6.07) is 11.0. The Labute approximate surface area is 184 Å². The first-order valence-corrected chi connectivity index (χ1v) is 11.5. The second-order valence-electron chi connectivity index (χ2n) is 7.76. The summed E-state index contributed by atoms with van der Waals surface area (Å²) < 4.78 is 11.5. The molecule has 0 bridgehead atoms. The highest BCUT2D eigenvalue weighted by atomic mass is 32.1. The summed E-state index contributed by atoms with van der Waals surface area (Å²) in [4.78, 5) is 8.28. The molecule has 2 aromatic rings. The summed E-state index contributed by atoms with van der Waals surface area (Å²) in [5, 5.41) is 9.10. The lowest BCUT2D eigenvalue weighted by Gasteiger charge is -2.34. The molecule has 2 heterocycles. The zero-order valence-electron chi connectivity index (χ0n) is 18.5. The van der Waals surface area contributed by atoms with Crippen LogP contribution in [-0.4, -0.2) is 56.9 Å². The lowest BCUT2D eigenvalue weighted by Crippen LogP contribution is -2.46. The number of aliphatic imine (C=N–C) groups is 1. The van der Waals surface area contributed by atoms with Gasteiger partial charge in [0.1, 0.15) is 5.75 Å². The quantitative estimate of drug-likeness (QED) is 0.495. The van der Waals surface area contributed by atoms with E-state index in [2.05, 4.69) is 77.0 Å². The van der Waals surface area contributed by atoms with Gasteiger partial charge in [0.2, 0.25) is 0 Å². The smallest absolute Gasteiger partial charge is 0.191 e. The van der Waals surface area contributed by atoms with E-state index in [1.54, 1.807) is 11.3 Å². The number of nitrogens with zero attached hydrogens (tertiary/aromatic N) is 2. The maximum absolute atomic E-state index is 6.00. The Morgan fingerprint density at radius 3 is 2.70 bits per heavy atom. The molecule has 2 N–H and O–H groups in total. The van der Waals surface area contributed by atoms with Gasteiger partial charge in [-0.1, -0.05) is 18.2 Å². The van der Waals surface area contributed by atoms with E-state index < -0.39 is 0 Å². The van der Waals surface area contributed by atoms with Gasteiger partial charge < -0.3 is 20.1 Å². The minimum Gasteiger partial charge on any atom is -0.491 e. The molecule has 7 heteroatoms. The largest absolute Gasteiger partial charge is 0.491 e. The summed E-state index contributed by atoms with van der Waals surface area (Å²) in [7, 11) is 1.81. The molecule has 0 spiro atoms. The fourth-order valence-electron chi connectivity index (χ4n) is 3.54. The van der Waals surface area contributed by atoms with Gasteiger partial charge >= 0.3 is 0 Å². The fourth-order valence-corrected chi connectivity index (χ4v) is 4.40. The molecule has 1 saturated heterocycles. The van der Waals surface area contributed by atoms with E-state index >= 15 is 0 Å². The SMILES string of the molecule is CN=C(NCc1ccc(C)cc1OC(C)C)NCC(c1cccs1)N1CCOCC1. The van der Waals surface area contributed by atoms with Gasteiger partial charge in [0.15, 0.2) is 5.96 Å². The van der Waals surface area contributed by atoms with E-state index in [9.17, 15) is 0 Å². The Hall–Kier alpha value is -2.09. The zero-order valence-corrected chi connectivity index (χ0v) is 19.3. The van der Waals surface area contributed by atoms with Crippen molar-refractivity contribution in [2.75, 3.05) is 39.9 Å². The highest BCUT2D eigenvalue weighted by molar-refractivity contribution is 7.10. The van der Waals surface area contributed by atoms with E-state index in [0.29, 0.717) is 12.6 Å². The molecule has 1 aromatic carbocycles. The monoisotopic (exact) mass is 430 g/mol. The van der Waals surface area contributed by atoms with E-state index in [-0.39, 0.29) is 6.10 Å². The van der Waals surface area contributed by atoms with E-state index in [4.69, 9.17) is 9.47 Å². The van der Waals surface area contributed by atoms with Crippen molar-refractivity contribution in [1.29, 1.82) is 0 Å². The maximum atomic E-state index is 6.00. The first-order chi connectivity index (χ1) is 14.6. The van der Waals surface area contributed by atoms with Crippen molar-refractivity contribution in [1.82, 2.24) is 15.5 Å². The number of nitrogens with one attached hydrogen (secondary N) is 2. The van der Waals surface area contributed by atoms with Crippen LogP contribution in [-0.2, 0) is 11.3 Å². The van der Waals surface area contributed by atoms with Crippen LogP contribution >= 0.6 is 11.3 Å². The number of hydrogen-bond acceptors (Lipinski definition) is 5. The molecule has 6 nitrogen and oxygen atoms in total. The molecule has 1 atom stereocenters. The molecule has 0 aliphatic carbocycles. The zero-order chi connectivity index (χ0) is 21.3. The minimum absolute atomic E-state index is 0.142. The van der Waals surface area contributed by atoms with Gasteiger partial charge in [-0.05, 0) is 43.8 Å². The lowest BCUT2D eigenvalue weighted by molar-refractivity contribution is 0.0177. The number of aryl methyl sites for hydroxylation is 1. The molecular formula is C23H34N4O2S. The molecule has 3 rings (SSSR count). The number of hydrogen-bond donors (Lipinski definition) is 2. The Morgan fingerprint density at radius 1 is 1.23 bits per heavy atom. The van der Waals surface area contributed by atoms with Crippen LogP contribution in [0.1, 0.15) is 35.9 Å². The van der Waals surface area contributed by atoms with Crippen LogP contribution in [0.5, 0.6) is 5.75 Å². The average molecular weight is 431 g/mol. The second kappa shape index (κ2) is 11.3. The molecule has 164 valence electrons. The lowest BCUT2D eigenvalue weighted by atomic mass is 10.1. The van der Waals surface area contributed by atoms with E-state index in [1.807, 2.05) is 7.05 Å². The van der Waals surface area contributed by atoms with Crippen molar-refractivity contribution >= 4 is 17.3 Å². The molecule has 1 aromatic heterocycles. The summed E-state index contributed by atoms with van der Waals surface area (Å²) >= 11 is 1.80. The second-order valence-corrected chi connectivity index (χ2v) is 8.74. The van der Waals surface area contributed by atoms with Gasteiger partial charge in [-0.3, -0.25) is 9.89 Å². The summed E-state index contributed by atoms with van der Waals surface area (Å²) in [5.74, 6) is 1.72. The van der Waals surface area contributed by atoms with E-state index in [1.165, 1.54) is 10.4 Å². The third-order valence-electron chi connectivity index (χ3n) is 5.08. The number of thiophene rings is 1. The standard InChI is InChI=1S/C23H34N4O2S/c1-17(2)29-21-14-18(3)7-8-19(21)15-25-23(24-4)26-16-20(22-6-5-13-30-22)27-9-11-28-12-10-27/h5-8,13-14,17,20H,9-12,15-16H2,1-4H3,(H2,24,25,26). The number of rotatable bonds is 8. The third kappa shape index (κ3) is 6.45. The van der Waals surface area contributed by atoms with Gasteiger partial charge in [-0.15, -0.1) is 11.3 Å². The number of benzene rings is 1. The van der Waals surface area contributed by atoms with Crippen LogP contribution in [0.25, 0.3) is 0 Å². The van der Waals surface area contributed by atoms with Crippen molar-refractivity contribution in [3.63, 3.8) is 0 Å². The molecule has 1 fully saturated rings. The van der Waals surface area contributed by atoms with Crippen molar-refractivity contribution in [3.05, 3.63) is 51.7 Å². The Balaban J connectivity index is 1.61. The number of morpholine rings is 1. The maximum Gasteiger partial charge on any atom is 0.191 e. The molecule has 1 unspecified atom stereocenters. The highest BCUT2D eigenvalue weighted by Gasteiger charge is 2.23. The van der Waals surface area contributed by atoms with Crippen molar-refractivity contribution < 1.29 is 9.47 Å². The molecule has 0 radical (unpaired) electrons. The van der Waals surface area contributed by atoms with E-state index in [0.717, 1.165) is 50.1 Å². The minimum atomic E-state index is 0.142. The van der Waals surface area contributed by atoms with Crippen molar-refractivity contribution in [3.8, 4) is 5.75 Å². The van der Waals surface area contributed by atoms with Gasteiger partial charge in [-0.2, -0.15) is 0 Å². The Morgan fingerprint density at radius 2 is 2.03 bits per heavy atom. The van der Waals surface area contributed by atoms with Crippen LogP contribution in [0.3, 0.4) is 0 Å².